The molecule has 3 aromatic rings. The number of carboxylic acid groups (broad SMARTS) is 1. The van der Waals surface area contributed by atoms with Crippen molar-refractivity contribution in [2.45, 2.75) is 25.3 Å². The van der Waals surface area contributed by atoms with Gasteiger partial charge in [0, 0.05) is 11.6 Å². The van der Waals surface area contributed by atoms with Crippen LogP contribution in [-0.4, -0.2) is 11.1 Å². The van der Waals surface area contributed by atoms with Crippen LogP contribution in [0.15, 0.2) is 66.7 Å². The van der Waals surface area contributed by atoms with Gasteiger partial charge in [-0.2, -0.15) is 0 Å². The fourth-order valence-corrected chi connectivity index (χ4v) is 4.88. The van der Waals surface area contributed by atoms with Gasteiger partial charge in [0.25, 0.3) is 0 Å². The molecule has 0 bridgehead atoms. The van der Waals surface area contributed by atoms with Gasteiger partial charge in [-0.25, -0.2) is 4.79 Å². The summed E-state index contributed by atoms with van der Waals surface area (Å²) in [6.07, 6.45) is 5.59. The minimum Gasteiger partial charge on any atom is -0.478 e. The number of anilines is 1. The fraction of sp³-hybridized carbons (Fsp3) is 0.208. The molecule has 1 aliphatic heterocycles. The monoisotopic (exact) mass is 355 g/mol. The van der Waals surface area contributed by atoms with Crippen molar-refractivity contribution in [1.29, 1.82) is 0 Å². The van der Waals surface area contributed by atoms with E-state index in [0.29, 0.717) is 17.4 Å². The quantitative estimate of drug-likeness (QED) is 0.582. The topological polar surface area (TPSA) is 49.3 Å². The Balaban J connectivity index is 1.70. The molecule has 3 heteroatoms. The molecule has 0 amide bonds. The van der Waals surface area contributed by atoms with Crippen LogP contribution in [-0.2, 0) is 0 Å². The second-order valence-corrected chi connectivity index (χ2v) is 7.55. The molecule has 0 saturated carbocycles. The molecule has 134 valence electrons. The normalized spacial score (nSPS) is 22.9. The number of carbonyl (C=O) groups is 1. The predicted molar refractivity (Wildman–Crippen MR) is 108 cm³/mol. The molecule has 2 N–H and O–H groups in total. The first-order valence-electron chi connectivity index (χ1n) is 9.43. The summed E-state index contributed by atoms with van der Waals surface area (Å²) in [4.78, 5) is 11.6. The number of nitrogens with one attached hydrogen (secondary N) is 1. The van der Waals surface area contributed by atoms with E-state index in [2.05, 4.69) is 59.9 Å². The third kappa shape index (κ3) is 2.38. The summed E-state index contributed by atoms with van der Waals surface area (Å²) in [5.41, 5.74) is 4.69. The SMILES string of the molecule is Cc1c(C(=O)O)ccc2c1N[C@@H](c1cccc3ccccc13)[C@H]1CC=C[C@H]21. The predicted octanol–water partition coefficient (Wildman–Crippen LogP) is 5.67. The molecule has 0 unspecified atom stereocenters. The van der Waals surface area contributed by atoms with E-state index in [-0.39, 0.29) is 6.04 Å². The highest BCUT2D eigenvalue weighted by molar-refractivity contribution is 5.92. The van der Waals surface area contributed by atoms with E-state index in [4.69, 9.17) is 0 Å². The fourth-order valence-electron chi connectivity index (χ4n) is 4.88. The van der Waals surface area contributed by atoms with Gasteiger partial charge in [0.15, 0.2) is 0 Å². The summed E-state index contributed by atoms with van der Waals surface area (Å²) >= 11 is 0. The number of allylic oxidation sites excluding steroid dienone is 2. The zero-order valence-electron chi connectivity index (χ0n) is 15.1. The van der Waals surface area contributed by atoms with Crippen LogP contribution >= 0.6 is 0 Å². The van der Waals surface area contributed by atoms with Crippen LogP contribution in [0.2, 0.25) is 0 Å². The third-order valence-corrected chi connectivity index (χ3v) is 6.19. The number of fused-ring (bicyclic) bond motifs is 4. The zero-order chi connectivity index (χ0) is 18.5. The highest BCUT2D eigenvalue weighted by atomic mass is 16.4. The zero-order valence-corrected chi connectivity index (χ0v) is 15.1. The number of hydrogen-bond donors (Lipinski definition) is 2. The number of carboxylic acids is 1. The molecule has 3 aromatic carbocycles. The average Bonchev–Trinajstić information content (AvgIpc) is 3.17. The molecule has 3 atom stereocenters. The van der Waals surface area contributed by atoms with Crippen LogP contribution in [0.3, 0.4) is 0 Å². The number of hydrogen-bond acceptors (Lipinski definition) is 2. The number of aromatic carboxylic acids is 1. The second-order valence-electron chi connectivity index (χ2n) is 7.55. The van der Waals surface area contributed by atoms with Crippen LogP contribution in [0.1, 0.15) is 45.4 Å². The lowest BCUT2D eigenvalue weighted by Crippen LogP contribution is -2.30. The summed E-state index contributed by atoms with van der Waals surface area (Å²) in [5, 5.41) is 15.8. The van der Waals surface area contributed by atoms with Crippen LogP contribution in [0, 0.1) is 12.8 Å². The van der Waals surface area contributed by atoms with Crippen molar-refractivity contribution in [1.82, 2.24) is 0 Å². The Hall–Kier alpha value is -3.07. The van der Waals surface area contributed by atoms with Crippen LogP contribution in [0.25, 0.3) is 10.8 Å². The second kappa shape index (κ2) is 5.98. The van der Waals surface area contributed by atoms with Crippen molar-refractivity contribution in [3.63, 3.8) is 0 Å². The molecule has 0 saturated heterocycles. The van der Waals surface area contributed by atoms with Gasteiger partial charge in [-0.3, -0.25) is 0 Å². The molecule has 2 aliphatic rings. The van der Waals surface area contributed by atoms with Gasteiger partial charge in [-0.1, -0.05) is 60.7 Å². The minimum absolute atomic E-state index is 0.159. The van der Waals surface area contributed by atoms with Gasteiger partial charge in [0.1, 0.15) is 0 Å². The van der Waals surface area contributed by atoms with Crippen LogP contribution in [0.5, 0.6) is 0 Å². The molecule has 1 aliphatic carbocycles. The Morgan fingerprint density at radius 2 is 1.85 bits per heavy atom. The average molecular weight is 355 g/mol. The molecule has 0 fully saturated rings. The molecule has 0 aromatic heterocycles. The van der Waals surface area contributed by atoms with Crippen molar-refractivity contribution in [3.8, 4) is 0 Å². The highest BCUT2D eigenvalue weighted by Gasteiger charge is 2.39. The molecular formula is C24H21NO2. The first-order valence-corrected chi connectivity index (χ1v) is 9.43. The maximum Gasteiger partial charge on any atom is 0.336 e. The van der Waals surface area contributed by atoms with E-state index in [1.165, 1.54) is 21.9 Å². The van der Waals surface area contributed by atoms with Crippen molar-refractivity contribution in [2.24, 2.45) is 5.92 Å². The van der Waals surface area contributed by atoms with Crippen molar-refractivity contribution >= 4 is 22.4 Å². The summed E-state index contributed by atoms with van der Waals surface area (Å²) in [7, 11) is 0. The molecule has 0 spiro atoms. The Morgan fingerprint density at radius 3 is 2.70 bits per heavy atom. The summed E-state index contributed by atoms with van der Waals surface area (Å²) in [5.74, 6) is -0.104. The Kier molecular flexibility index (Phi) is 3.57. The lowest BCUT2D eigenvalue weighted by molar-refractivity contribution is 0.0696. The molecule has 0 radical (unpaired) electrons. The van der Waals surface area contributed by atoms with Gasteiger partial charge in [0.05, 0.1) is 11.6 Å². The van der Waals surface area contributed by atoms with Gasteiger partial charge in [-0.15, -0.1) is 0 Å². The van der Waals surface area contributed by atoms with Gasteiger partial charge >= 0.3 is 5.97 Å². The van der Waals surface area contributed by atoms with E-state index in [1.807, 2.05) is 13.0 Å². The van der Waals surface area contributed by atoms with E-state index in [0.717, 1.165) is 17.7 Å². The first kappa shape index (κ1) is 16.1. The smallest absolute Gasteiger partial charge is 0.336 e. The molecule has 5 rings (SSSR count). The maximum atomic E-state index is 11.6. The standard InChI is InChI=1S/C24H21NO2/c1-14-16(24(26)27)12-13-21-18-9-5-11-20(18)23(25-22(14)21)19-10-4-7-15-6-2-3-8-17(15)19/h2-10,12-13,18,20,23,25H,11H2,1H3,(H,26,27)/t18-,20-,23-/m0/s1. The van der Waals surface area contributed by atoms with Gasteiger partial charge in [0.2, 0.25) is 0 Å². The summed E-state index contributed by atoms with van der Waals surface area (Å²) < 4.78 is 0. The van der Waals surface area contributed by atoms with E-state index < -0.39 is 5.97 Å². The van der Waals surface area contributed by atoms with Gasteiger partial charge in [-0.05, 0) is 52.8 Å². The number of rotatable bonds is 2. The van der Waals surface area contributed by atoms with Crippen LogP contribution in [0.4, 0.5) is 5.69 Å². The number of benzene rings is 3. The minimum atomic E-state index is -0.872. The summed E-state index contributed by atoms with van der Waals surface area (Å²) in [6, 6.07) is 18.8. The Morgan fingerprint density at radius 1 is 1.04 bits per heavy atom. The lowest BCUT2D eigenvalue weighted by Gasteiger charge is -2.39. The highest BCUT2D eigenvalue weighted by Crippen LogP contribution is 2.51. The lowest BCUT2D eigenvalue weighted by atomic mass is 9.75. The third-order valence-electron chi connectivity index (χ3n) is 6.19. The Bertz CT molecular complexity index is 1090. The van der Waals surface area contributed by atoms with E-state index >= 15 is 0 Å². The van der Waals surface area contributed by atoms with Gasteiger partial charge < -0.3 is 10.4 Å². The van der Waals surface area contributed by atoms with Crippen molar-refractivity contribution < 1.29 is 9.90 Å². The molecule has 1 heterocycles. The Labute approximate surface area is 158 Å². The molecular weight excluding hydrogens is 334 g/mol. The summed E-state index contributed by atoms with van der Waals surface area (Å²) in [6.45, 7) is 1.91. The van der Waals surface area contributed by atoms with Crippen molar-refractivity contribution in [2.75, 3.05) is 5.32 Å². The first-order chi connectivity index (χ1) is 13.1. The molecule has 3 nitrogen and oxygen atoms in total. The van der Waals surface area contributed by atoms with Crippen molar-refractivity contribution in [3.05, 3.63) is 89.0 Å². The largest absolute Gasteiger partial charge is 0.478 e. The van der Waals surface area contributed by atoms with Crippen LogP contribution < -0.4 is 5.32 Å². The van der Waals surface area contributed by atoms with E-state index in [9.17, 15) is 9.90 Å². The molecule has 27 heavy (non-hydrogen) atoms. The maximum absolute atomic E-state index is 11.6. The van der Waals surface area contributed by atoms with E-state index in [1.54, 1.807) is 6.07 Å².